The van der Waals surface area contributed by atoms with Gasteiger partial charge in [0.15, 0.2) is 0 Å². The Kier molecular flexibility index (Phi) is 9.13. The first kappa shape index (κ1) is 12.0. The third kappa shape index (κ3) is 8.12. The van der Waals surface area contributed by atoms with E-state index in [1.165, 1.54) is 32.9 Å². The second kappa shape index (κ2) is 9.12. The zero-order chi connectivity index (χ0) is 9.23. The highest BCUT2D eigenvalue weighted by molar-refractivity contribution is 6.33. The summed E-state index contributed by atoms with van der Waals surface area (Å²) in [5.41, 5.74) is 0. The molecule has 0 fully saturated rings. The standard InChI is InChI=1S/C10H23BO/c1-4-6-10(2)9-12-8-5-7-11-3/h10-11H,4-9H2,1-3H3. The Hall–Kier alpha value is 0.0249. The number of hydrogen-bond acceptors (Lipinski definition) is 1. The SMILES string of the molecule is CBCCCOCC(C)CCC. The van der Waals surface area contributed by atoms with Gasteiger partial charge >= 0.3 is 0 Å². The minimum atomic E-state index is 0.747. The van der Waals surface area contributed by atoms with Crippen molar-refractivity contribution >= 4 is 7.28 Å². The van der Waals surface area contributed by atoms with E-state index in [1.54, 1.807) is 0 Å². The minimum absolute atomic E-state index is 0.747. The van der Waals surface area contributed by atoms with Gasteiger partial charge in [-0.15, -0.1) is 0 Å². The molecule has 0 heterocycles. The van der Waals surface area contributed by atoms with Crippen LogP contribution >= 0.6 is 0 Å². The van der Waals surface area contributed by atoms with Gasteiger partial charge in [0.25, 0.3) is 0 Å². The third-order valence-electron chi connectivity index (χ3n) is 2.08. The lowest BCUT2D eigenvalue weighted by Gasteiger charge is -2.09. The molecule has 0 aromatic carbocycles. The molecule has 0 rings (SSSR count). The van der Waals surface area contributed by atoms with Crippen LogP contribution in [0.1, 0.15) is 33.1 Å². The van der Waals surface area contributed by atoms with Gasteiger partial charge in [0.05, 0.1) is 0 Å². The van der Waals surface area contributed by atoms with Gasteiger partial charge in [0.2, 0.25) is 0 Å². The molecule has 0 amide bonds. The molecule has 0 aromatic heterocycles. The summed E-state index contributed by atoms with van der Waals surface area (Å²) in [4.78, 5) is 0. The van der Waals surface area contributed by atoms with Crippen LogP contribution < -0.4 is 0 Å². The molecule has 0 aromatic rings. The maximum atomic E-state index is 5.55. The van der Waals surface area contributed by atoms with Gasteiger partial charge in [-0.2, -0.15) is 0 Å². The maximum absolute atomic E-state index is 5.55. The Morgan fingerprint density at radius 2 is 2.17 bits per heavy atom. The highest BCUT2D eigenvalue weighted by Crippen LogP contribution is 2.05. The quantitative estimate of drug-likeness (QED) is 0.402. The summed E-state index contributed by atoms with van der Waals surface area (Å²) in [6, 6.07) is 0. The van der Waals surface area contributed by atoms with Crippen LogP contribution in [0.4, 0.5) is 0 Å². The highest BCUT2D eigenvalue weighted by Gasteiger charge is 1.99. The van der Waals surface area contributed by atoms with E-state index < -0.39 is 0 Å². The molecule has 0 N–H and O–H groups in total. The van der Waals surface area contributed by atoms with Crippen molar-refractivity contribution in [2.45, 2.75) is 46.3 Å². The van der Waals surface area contributed by atoms with E-state index in [9.17, 15) is 0 Å². The first-order valence-corrected chi connectivity index (χ1v) is 5.39. The minimum Gasteiger partial charge on any atom is -0.381 e. The smallest absolute Gasteiger partial charge is 0.117 e. The summed E-state index contributed by atoms with van der Waals surface area (Å²) in [5, 5.41) is 0. The zero-order valence-corrected chi connectivity index (χ0v) is 8.94. The van der Waals surface area contributed by atoms with Crippen LogP contribution in [0.5, 0.6) is 0 Å². The van der Waals surface area contributed by atoms with Crippen molar-refractivity contribution in [3.63, 3.8) is 0 Å². The van der Waals surface area contributed by atoms with Crippen LogP contribution in [-0.4, -0.2) is 20.5 Å². The van der Waals surface area contributed by atoms with Gasteiger partial charge in [-0.1, -0.05) is 33.4 Å². The van der Waals surface area contributed by atoms with Crippen LogP contribution in [0, 0.1) is 5.92 Å². The molecule has 1 unspecified atom stereocenters. The van der Waals surface area contributed by atoms with Crippen molar-refractivity contribution in [1.29, 1.82) is 0 Å². The summed E-state index contributed by atoms with van der Waals surface area (Å²) in [6.45, 7) is 8.63. The van der Waals surface area contributed by atoms with Crippen molar-refractivity contribution in [2.75, 3.05) is 13.2 Å². The molecule has 2 heteroatoms. The van der Waals surface area contributed by atoms with E-state index in [0.29, 0.717) is 0 Å². The first-order valence-electron chi connectivity index (χ1n) is 5.39. The lowest BCUT2D eigenvalue weighted by molar-refractivity contribution is 0.102. The Labute approximate surface area is 78.1 Å². The molecule has 72 valence electrons. The molecule has 0 saturated carbocycles. The Bertz CT molecular complexity index is 85.9. The summed E-state index contributed by atoms with van der Waals surface area (Å²) in [5.74, 6) is 0.747. The summed E-state index contributed by atoms with van der Waals surface area (Å²) in [7, 11) is 1.29. The van der Waals surface area contributed by atoms with Crippen molar-refractivity contribution in [1.82, 2.24) is 0 Å². The molecule has 0 aliphatic carbocycles. The van der Waals surface area contributed by atoms with Crippen molar-refractivity contribution in [2.24, 2.45) is 5.92 Å². The Balaban J connectivity index is 2.97. The largest absolute Gasteiger partial charge is 0.381 e. The summed E-state index contributed by atoms with van der Waals surface area (Å²) >= 11 is 0. The fraction of sp³-hybridized carbons (Fsp3) is 1.00. The normalized spacial score (nSPS) is 12.9. The fourth-order valence-corrected chi connectivity index (χ4v) is 1.31. The van der Waals surface area contributed by atoms with Crippen molar-refractivity contribution in [3.05, 3.63) is 0 Å². The molecular weight excluding hydrogens is 147 g/mol. The highest BCUT2D eigenvalue weighted by atomic mass is 16.5. The van der Waals surface area contributed by atoms with Gasteiger partial charge in [-0.05, 0) is 18.8 Å². The average Bonchev–Trinajstić information content (AvgIpc) is 2.05. The van der Waals surface area contributed by atoms with Crippen molar-refractivity contribution < 1.29 is 4.74 Å². The molecule has 0 bridgehead atoms. The molecule has 0 aliphatic heterocycles. The van der Waals surface area contributed by atoms with Crippen LogP contribution in [0.2, 0.25) is 13.1 Å². The molecule has 1 atom stereocenters. The van der Waals surface area contributed by atoms with Crippen LogP contribution in [0.3, 0.4) is 0 Å². The van der Waals surface area contributed by atoms with Gasteiger partial charge in [-0.25, -0.2) is 0 Å². The van der Waals surface area contributed by atoms with Gasteiger partial charge < -0.3 is 4.74 Å². The Morgan fingerprint density at radius 3 is 2.75 bits per heavy atom. The van der Waals surface area contributed by atoms with E-state index in [4.69, 9.17) is 4.74 Å². The van der Waals surface area contributed by atoms with Crippen LogP contribution in [0.25, 0.3) is 0 Å². The van der Waals surface area contributed by atoms with E-state index in [1.807, 2.05) is 0 Å². The average molecular weight is 170 g/mol. The third-order valence-corrected chi connectivity index (χ3v) is 2.08. The maximum Gasteiger partial charge on any atom is 0.117 e. The second-order valence-electron chi connectivity index (χ2n) is 3.68. The summed E-state index contributed by atoms with van der Waals surface area (Å²) in [6.07, 6.45) is 5.12. The van der Waals surface area contributed by atoms with E-state index >= 15 is 0 Å². The van der Waals surface area contributed by atoms with Gasteiger partial charge in [-0.3, -0.25) is 0 Å². The van der Waals surface area contributed by atoms with Crippen LogP contribution in [0.15, 0.2) is 0 Å². The lowest BCUT2D eigenvalue weighted by Crippen LogP contribution is -2.06. The molecule has 12 heavy (non-hydrogen) atoms. The first-order chi connectivity index (χ1) is 5.81. The lowest BCUT2D eigenvalue weighted by atomic mass is 9.77. The van der Waals surface area contributed by atoms with E-state index in [0.717, 1.165) is 19.1 Å². The topological polar surface area (TPSA) is 9.23 Å². The molecule has 1 nitrogen and oxygen atoms in total. The number of rotatable bonds is 8. The molecule has 0 aliphatic rings. The number of ether oxygens (including phenoxy) is 1. The Morgan fingerprint density at radius 1 is 1.42 bits per heavy atom. The predicted octanol–water partition coefficient (Wildman–Crippen LogP) is 2.73. The molecule has 0 radical (unpaired) electrons. The predicted molar refractivity (Wildman–Crippen MR) is 57.3 cm³/mol. The molecule has 0 saturated heterocycles. The number of hydrogen-bond donors (Lipinski definition) is 0. The van der Waals surface area contributed by atoms with Crippen molar-refractivity contribution in [3.8, 4) is 0 Å². The van der Waals surface area contributed by atoms with Gasteiger partial charge in [0, 0.05) is 13.2 Å². The van der Waals surface area contributed by atoms with Crippen LogP contribution in [-0.2, 0) is 4.74 Å². The fourth-order valence-electron chi connectivity index (χ4n) is 1.31. The molecular formula is C10H23BO. The monoisotopic (exact) mass is 170 g/mol. The van der Waals surface area contributed by atoms with Gasteiger partial charge in [0.1, 0.15) is 7.28 Å². The molecule has 0 spiro atoms. The summed E-state index contributed by atoms with van der Waals surface area (Å²) < 4.78 is 5.55. The van der Waals surface area contributed by atoms with E-state index in [2.05, 4.69) is 20.7 Å². The van der Waals surface area contributed by atoms with E-state index in [-0.39, 0.29) is 0 Å². The zero-order valence-electron chi connectivity index (χ0n) is 8.94. The second-order valence-corrected chi connectivity index (χ2v) is 3.68.